The third-order valence-corrected chi connectivity index (χ3v) is 6.41. The molecule has 3 N–H and O–H groups in total. The van der Waals surface area contributed by atoms with E-state index in [1.165, 1.54) is 11.3 Å². The lowest BCUT2D eigenvalue weighted by Crippen LogP contribution is -2.37. The lowest BCUT2D eigenvalue weighted by Gasteiger charge is -2.13. The molecule has 0 spiro atoms. The number of hydrogen-bond acceptors (Lipinski definition) is 6. The lowest BCUT2D eigenvalue weighted by atomic mass is 10.3. The van der Waals surface area contributed by atoms with Crippen LogP contribution >= 0.6 is 35.3 Å². The summed E-state index contributed by atoms with van der Waals surface area (Å²) in [5.74, 6) is 1.28. The highest BCUT2D eigenvalue weighted by atomic mass is 127. The summed E-state index contributed by atoms with van der Waals surface area (Å²) in [7, 11) is -0.144. The third-order valence-electron chi connectivity index (χ3n) is 3.55. The van der Waals surface area contributed by atoms with Gasteiger partial charge in [0, 0.05) is 52.0 Å². The van der Waals surface area contributed by atoms with Gasteiger partial charge in [-0.1, -0.05) is 12.1 Å². The van der Waals surface area contributed by atoms with Crippen molar-refractivity contribution in [2.75, 3.05) is 45.8 Å². The molecule has 0 aliphatic carbocycles. The number of halogens is 1. The van der Waals surface area contributed by atoms with Gasteiger partial charge in [0.1, 0.15) is 9.96 Å². The predicted molar refractivity (Wildman–Crippen MR) is 128 cm³/mol. The zero-order valence-corrected chi connectivity index (χ0v) is 20.3. The minimum absolute atomic E-state index is 0. The molecule has 162 valence electrons. The van der Waals surface area contributed by atoms with E-state index >= 15 is 0 Å². The summed E-state index contributed by atoms with van der Waals surface area (Å²) in [5.41, 5.74) is 0.816. The molecule has 2 aromatic rings. The third kappa shape index (κ3) is 9.30. The molecule has 1 aromatic heterocycles. The van der Waals surface area contributed by atoms with Crippen molar-refractivity contribution in [3.05, 3.63) is 41.8 Å². The summed E-state index contributed by atoms with van der Waals surface area (Å²) >= 11 is 1.18. The monoisotopic (exact) mass is 554 g/mol. The zero-order valence-electron chi connectivity index (χ0n) is 16.4. The van der Waals surface area contributed by atoms with Gasteiger partial charge >= 0.3 is 0 Å². The van der Waals surface area contributed by atoms with Gasteiger partial charge in [-0.2, -0.15) is 0 Å². The quantitative estimate of drug-likeness (QED) is 0.171. The van der Waals surface area contributed by atoms with Crippen LogP contribution < -0.4 is 20.1 Å². The Kier molecular flexibility index (Phi) is 12.1. The molecule has 0 fully saturated rings. The number of ether oxygens (including phenoxy) is 2. The number of rotatable bonds is 11. The van der Waals surface area contributed by atoms with Gasteiger partial charge in [0.25, 0.3) is 0 Å². The van der Waals surface area contributed by atoms with E-state index in [-0.39, 0.29) is 30.5 Å². The van der Waals surface area contributed by atoms with Crippen molar-refractivity contribution in [3.63, 3.8) is 0 Å². The molecule has 0 amide bonds. The molecule has 2 rings (SSSR count). The number of thiophene rings is 1. The van der Waals surface area contributed by atoms with Crippen LogP contribution in [0.1, 0.15) is 6.42 Å². The molecule has 0 radical (unpaired) electrons. The number of aliphatic imine (C=N–C) groups is 1. The number of guanidine groups is 1. The molecule has 0 saturated heterocycles. The number of anilines is 1. The second kappa shape index (κ2) is 13.7. The van der Waals surface area contributed by atoms with Gasteiger partial charge < -0.3 is 20.1 Å². The van der Waals surface area contributed by atoms with Crippen LogP contribution in [0.3, 0.4) is 0 Å². The van der Waals surface area contributed by atoms with Crippen LogP contribution in [0.4, 0.5) is 5.69 Å². The van der Waals surface area contributed by atoms with Crippen molar-refractivity contribution >= 4 is 57.0 Å². The van der Waals surface area contributed by atoms with Gasteiger partial charge in [0.15, 0.2) is 5.96 Å². The summed E-state index contributed by atoms with van der Waals surface area (Å²) in [4.78, 5) is 4.15. The fourth-order valence-corrected chi connectivity index (χ4v) is 4.30. The van der Waals surface area contributed by atoms with E-state index in [9.17, 15) is 8.42 Å². The summed E-state index contributed by atoms with van der Waals surface area (Å²) in [5, 5.41) is 7.96. The minimum Gasteiger partial charge on any atom is -0.493 e. The number of methoxy groups -OCH3 is 1. The topological polar surface area (TPSA) is 101 Å². The van der Waals surface area contributed by atoms with Gasteiger partial charge in [-0.15, -0.1) is 35.3 Å². The molecular formula is C18H27IN4O4S2. The van der Waals surface area contributed by atoms with Crippen molar-refractivity contribution in [2.45, 2.75) is 10.6 Å². The minimum atomic E-state index is -3.46. The van der Waals surface area contributed by atoms with Gasteiger partial charge in [-0.3, -0.25) is 4.99 Å². The first-order chi connectivity index (χ1) is 13.5. The van der Waals surface area contributed by atoms with Crippen LogP contribution in [-0.4, -0.2) is 54.8 Å². The first kappa shape index (κ1) is 25.6. The Hall–Kier alpha value is -1.41. The van der Waals surface area contributed by atoms with E-state index in [1.54, 1.807) is 31.7 Å². The van der Waals surface area contributed by atoms with Crippen LogP contribution in [-0.2, 0) is 14.8 Å². The average Bonchev–Trinajstić information content (AvgIpc) is 3.24. The Morgan fingerprint density at radius 2 is 2.00 bits per heavy atom. The summed E-state index contributed by atoms with van der Waals surface area (Å²) in [6, 6.07) is 10.8. The molecule has 0 aliphatic rings. The highest BCUT2D eigenvalue weighted by Crippen LogP contribution is 2.17. The first-order valence-electron chi connectivity index (χ1n) is 8.78. The maximum Gasteiger partial charge on any atom is 0.250 e. The number of nitrogens with one attached hydrogen (secondary N) is 3. The van der Waals surface area contributed by atoms with E-state index < -0.39 is 10.0 Å². The Labute approximate surface area is 193 Å². The summed E-state index contributed by atoms with van der Waals surface area (Å²) in [6.45, 7) is 1.86. The zero-order chi connectivity index (χ0) is 20.2. The van der Waals surface area contributed by atoms with Crippen molar-refractivity contribution in [1.82, 2.24) is 10.0 Å². The Morgan fingerprint density at radius 3 is 2.69 bits per heavy atom. The standard InChI is InChI=1S/C18H26N4O4S2.HI/c1-19-18(20-9-10-21-28(23,24)17-8-4-13-27-17)22-15-6-3-7-16(14-15)26-12-5-11-25-2;/h3-4,6-8,13-14,21H,5,9-12H2,1-2H3,(H2,19,20,22);1H. The Bertz CT molecular complexity index is 845. The van der Waals surface area contributed by atoms with E-state index in [0.29, 0.717) is 29.9 Å². The number of benzene rings is 1. The van der Waals surface area contributed by atoms with Gasteiger partial charge in [0.2, 0.25) is 10.0 Å². The molecule has 11 heteroatoms. The number of hydrogen-bond donors (Lipinski definition) is 3. The Morgan fingerprint density at radius 1 is 1.17 bits per heavy atom. The normalized spacial score (nSPS) is 11.6. The molecule has 8 nitrogen and oxygen atoms in total. The molecule has 0 saturated carbocycles. The fraction of sp³-hybridized carbons (Fsp3) is 0.389. The van der Waals surface area contributed by atoms with Crippen molar-refractivity contribution in [3.8, 4) is 5.75 Å². The van der Waals surface area contributed by atoms with Crippen molar-refractivity contribution in [1.29, 1.82) is 0 Å². The molecule has 0 aliphatic heterocycles. The van der Waals surface area contributed by atoms with Crippen LogP contribution in [0.2, 0.25) is 0 Å². The average molecular weight is 554 g/mol. The van der Waals surface area contributed by atoms with E-state index in [0.717, 1.165) is 17.9 Å². The highest BCUT2D eigenvalue weighted by Gasteiger charge is 2.13. The maximum absolute atomic E-state index is 12.1. The number of nitrogens with zero attached hydrogens (tertiary/aromatic N) is 1. The second-order valence-corrected chi connectivity index (χ2v) is 8.62. The molecule has 29 heavy (non-hydrogen) atoms. The van der Waals surface area contributed by atoms with Crippen molar-refractivity contribution < 1.29 is 17.9 Å². The molecule has 1 heterocycles. The smallest absolute Gasteiger partial charge is 0.250 e. The van der Waals surface area contributed by atoms with Crippen LogP contribution in [0.25, 0.3) is 0 Å². The molecule has 0 unspecified atom stereocenters. The van der Waals surface area contributed by atoms with E-state index in [1.807, 2.05) is 24.3 Å². The first-order valence-corrected chi connectivity index (χ1v) is 11.1. The summed E-state index contributed by atoms with van der Waals surface area (Å²) < 4.78 is 37.7. The fourth-order valence-electron chi connectivity index (χ4n) is 2.23. The van der Waals surface area contributed by atoms with E-state index in [2.05, 4.69) is 20.3 Å². The summed E-state index contributed by atoms with van der Waals surface area (Å²) in [6.07, 6.45) is 0.818. The second-order valence-electron chi connectivity index (χ2n) is 5.68. The number of sulfonamides is 1. The highest BCUT2D eigenvalue weighted by molar-refractivity contribution is 14.0. The predicted octanol–water partition coefficient (Wildman–Crippen LogP) is 2.75. The van der Waals surface area contributed by atoms with Gasteiger partial charge in [-0.25, -0.2) is 13.1 Å². The molecule has 0 atom stereocenters. The van der Waals surface area contributed by atoms with Gasteiger partial charge in [-0.05, 0) is 23.6 Å². The molecule has 1 aromatic carbocycles. The van der Waals surface area contributed by atoms with Crippen LogP contribution in [0, 0.1) is 0 Å². The lowest BCUT2D eigenvalue weighted by molar-refractivity contribution is 0.172. The SMILES string of the molecule is CN=C(NCCNS(=O)(=O)c1cccs1)Nc1cccc(OCCCOC)c1.I. The van der Waals surface area contributed by atoms with Crippen LogP contribution in [0.15, 0.2) is 51.0 Å². The largest absolute Gasteiger partial charge is 0.493 e. The van der Waals surface area contributed by atoms with Crippen LogP contribution in [0.5, 0.6) is 5.75 Å². The maximum atomic E-state index is 12.1. The molecular weight excluding hydrogens is 527 g/mol. The van der Waals surface area contributed by atoms with E-state index in [4.69, 9.17) is 9.47 Å². The van der Waals surface area contributed by atoms with Crippen molar-refractivity contribution in [2.24, 2.45) is 4.99 Å². The molecule has 0 bridgehead atoms. The van der Waals surface area contributed by atoms with Gasteiger partial charge in [0.05, 0.1) is 6.61 Å². The Balaban J connectivity index is 0.00000420.